The first-order valence-electron chi connectivity index (χ1n) is 8.15. The van der Waals surface area contributed by atoms with Gasteiger partial charge in [0, 0.05) is 31.8 Å². The Morgan fingerprint density at radius 3 is 2.62 bits per heavy atom. The molecule has 0 atom stereocenters. The van der Waals surface area contributed by atoms with Crippen molar-refractivity contribution in [1.29, 1.82) is 0 Å². The SMILES string of the molecule is CC(=O)N(C)Cc1cccc(NC(=O)c2ncoc2-c2ccccc2)c1. The zero-order valence-electron chi connectivity index (χ0n) is 14.6. The zero-order valence-corrected chi connectivity index (χ0v) is 14.6. The van der Waals surface area contributed by atoms with Crippen LogP contribution < -0.4 is 5.32 Å². The number of amides is 2. The van der Waals surface area contributed by atoms with Gasteiger partial charge in [0.15, 0.2) is 17.8 Å². The number of anilines is 1. The minimum atomic E-state index is -0.352. The first-order chi connectivity index (χ1) is 12.5. The third kappa shape index (κ3) is 3.97. The summed E-state index contributed by atoms with van der Waals surface area (Å²) in [7, 11) is 1.73. The molecule has 3 aromatic rings. The fraction of sp³-hybridized carbons (Fsp3) is 0.150. The predicted octanol–water partition coefficient (Wildman–Crippen LogP) is 3.57. The molecule has 0 spiro atoms. The van der Waals surface area contributed by atoms with Crippen LogP contribution >= 0.6 is 0 Å². The molecular formula is C20H19N3O3. The van der Waals surface area contributed by atoms with Crippen molar-refractivity contribution in [3.8, 4) is 11.3 Å². The Hall–Kier alpha value is -3.41. The summed E-state index contributed by atoms with van der Waals surface area (Å²) >= 11 is 0. The highest BCUT2D eigenvalue weighted by Crippen LogP contribution is 2.23. The monoisotopic (exact) mass is 349 g/mol. The van der Waals surface area contributed by atoms with Crippen LogP contribution in [0.3, 0.4) is 0 Å². The lowest BCUT2D eigenvalue weighted by Crippen LogP contribution is -2.23. The van der Waals surface area contributed by atoms with Gasteiger partial charge in [-0.05, 0) is 17.7 Å². The molecule has 0 saturated heterocycles. The number of carbonyl (C=O) groups excluding carboxylic acids is 2. The van der Waals surface area contributed by atoms with Gasteiger partial charge in [0.2, 0.25) is 5.91 Å². The summed E-state index contributed by atoms with van der Waals surface area (Å²) < 4.78 is 5.40. The number of benzene rings is 2. The van der Waals surface area contributed by atoms with E-state index in [1.54, 1.807) is 18.0 Å². The molecule has 26 heavy (non-hydrogen) atoms. The second kappa shape index (κ2) is 7.65. The van der Waals surface area contributed by atoms with Crippen LogP contribution in [0.4, 0.5) is 5.69 Å². The van der Waals surface area contributed by atoms with Crippen LogP contribution in [0, 0.1) is 0 Å². The van der Waals surface area contributed by atoms with E-state index in [4.69, 9.17) is 4.42 Å². The molecule has 6 heteroatoms. The summed E-state index contributed by atoms with van der Waals surface area (Å²) in [5, 5.41) is 2.83. The highest BCUT2D eigenvalue weighted by Gasteiger charge is 2.18. The van der Waals surface area contributed by atoms with Gasteiger partial charge in [-0.1, -0.05) is 42.5 Å². The van der Waals surface area contributed by atoms with Crippen molar-refractivity contribution in [2.24, 2.45) is 0 Å². The Balaban J connectivity index is 1.77. The van der Waals surface area contributed by atoms with Crippen molar-refractivity contribution >= 4 is 17.5 Å². The molecule has 2 aromatic carbocycles. The first kappa shape index (κ1) is 17.4. The smallest absolute Gasteiger partial charge is 0.278 e. The fourth-order valence-electron chi connectivity index (χ4n) is 2.53. The molecule has 0 aliphatic carbocycles. The Morgan fingerprint density at radius 1 is 1.12 bits per heavy atom. The average Bonchev–Trinajstić information content (AvgIpc) is 3.12. The molecular weight excluding hydrogens is 330 g/mol. The highest BCUT2D eigenvalue weighted by molar-refractivity contribution is 6.06. The van der Waals surface area contributed by atoms with Gasteiger partial charge in [0.05, 0.1) is 0 Å². The lowest BCUT2D eigenvalue weighted by atomic mass is 10.1. The van der Waals surface area contributed by atoms with Gasteiger partial charge in [0.25, 0.3) is 5.91 Å². The second-order valence-electron chi connectivity index (χ2n) is 5.93. The maximum atomic E-state index is 12.6. The summed E-state index contributed by atoms with van der Waals surface area (Å²) in [5.74, 6) is 0.0554. The van der Waals surface area contributed by atoms with Crippen molar-refractivity contribution in [2.75, 3.05) is 12.4 Å². The molecule has 0 aliphatic heterocycles. The number of aromatic nitrogens is 1. The number of nitrogens with one attached hydrogen (secondary N) is 1. The van der Waals surface area contributed by atoms with Gasteiger partial charge in [-0.2, -0.15) is 0 Å². The summed E-state index contributed by atoms with van der Waals surface area (Å²) in [6.07, 6.45) is 1.26. The van der Waals surface area contributed by atoms with Crippen LogP contribution in [0.15, 0.2) is 65.4 Å². The van der Waals surface area contributed by atoms with Gasteiger partial charge in [-0.15, -0.1) is 0 Å². The Labute approximate surface area is 151 Å². The standard InChI is InChI=1S/C20H19N3O3/c1-14(24)23(2)12-15-7-6-10-17(11-15)22-20(25)18-19(26-13-21-18)16-8-4-3-5-9-16/h3-11,13H,12H2,1-2H3,(H,22,25). The molecule has 0 unspecified atom stereocenters. The van der Waals surface area contributed by atoms with Gasteiger partial charge in [0.1, 0.15) is 0 Å². The maximum absolute atomic E-state index is 12.6. The first-order valence-corrected chi connectivity index (χ1v) is 8.15. The molecule has 3 rings (SSSR count). The third-order valence-electron chi connectivity index (χ3n) is 3.96. The van der Waals surface area contributed by atoms with Crippen molar-refractivity contribution in [1.82, 2.24) is 9.88 Å². The van der Waals surface area contributed by atoms with Gasteiger partial charge in [-0.25, -0.2) is 4.98 Å². The average molecular weight is 349 g/mol. The summed E-state index contributed by atoms with van der Waals surface area (Å²) in [6, 6.07) is 16.7. The largest absolute Gasteiger partial charge is 0.443 e. The summed E-state index contributed by atoms with van der Waals surface area (Å²) in [4.78, 5) is 29.6. The number of nitrogens with zero attached hydrogens (tertiary/aromatic N) is 2. The molecule has 0 saturated carbocycles. The van der Waals surface area contributed by atoms with E-state index in [0.717, 1.165) is 11.1 Å². The lowest BCUT2D eigenvalue weighted by molar-refractivity contribution is -0.128. The van der Waals surface area contributed by atoms with E-state index in [1.807, 2.05) is 48.5 Å². The second-order valence-corrected chi connectivity index (χ2v) is 5.93. The van der Waals surface area contributed by atoms with Crippen LogP contribution in [0.5, 0.6) is 0 Å². The lowest BCUT2D eigenvalue weighted by Gasteiger charge is -2.15. The Bertz CT molecular complexity index is 919. The van der Waals surface area contributed by atoms with Crippen molar-refractivity contribution in [3.63, 3.8) is 0 Å². The van der Waals surface area contributed by atoms with Gasteiger partial charge in [-0.3, -0.25) is 9.59 Å². The maximum Gasteiger partial charge on any atom is 0.278 e. The predicted molar refractivity (Wildman–Crippen MR) is 98.5 cm³/mol. The van der Waals surface area contributed by atoms with Crippen LogP contribution in [0.1, 0.15) is 23.0 Å². The quantitative estimate of drug-likeness (QED) is 0.764. The molecule has 0 fully saturated rings. The molecule has 1 N–H and O–H groups in total. The molecule has 2 amide bonds. The van der Waals surface area contributed by atoms with E-state index in [2.05, 4.69) is 10.3 Å². The zero-order chi connectivity index (χ0) is 18.5. The fourth-order valence-corrected chi connectivity index (χ4v) is 2.53. The van der Waals surface area contributed by atoms with E-state index >= 15 is 0 Å². The normalized spacial score (nSPS) is 10.4. The van der Waals surface area contributed by atoms with E-state index in [9.17, 15) is 9.59 Å². The summed E-state index contributed by atoms with van der Waals surface area (Å²) in [6.45, 7) is 1.99. The number of carbonyl (C=O) groups is 2. The number of oxazole rings is 1. The van der Waals surface area contributed by atoms with E-state index in [0.29, 0.717) is 18.0 Å². The number of rotatable bonds is 5. The van der Waals surface area contributed by atoms with Crippen molar-refractivity contribution < 1.29 is 14.0 Å². The van der Waals surface area contributed by atoms with Crippen LogP contribution in [0.2, 0.25) is 0 Å². The van der Waals surface area contributed by atoms with E-state index in [-0.39, 0.29) is 17.5 Å². The minimum absolute atomic E-state index is 0.0189. The number of hydrogen-bond acceptors (Lipinski definition) is 4. The molecule has 0 radical (unpaired) electrons. The van der Waals surface area contributed by atoms with Crippen LogP contribution in [-0.4, -0.2) is 28.7 Å². The van der Waals surface area contributed by atoms with Crippen LogP contribution in [0.25, 0.3) is 11.3 Å². The van der Waals surface area contributed by atoms with E-state index < -0.39 is 0 Å². The van der Waals surface area contributed by atoms with Gasteiger partial charge >= 0.3 is 0 Å². The molecule has 0 bridgehead atoms. The van der Waals surface area contributed by atoms with Crippen molar-refractivity contribution in [3.05, 3.63) is 72.2 Å². The minimum Gasteiger partial charge on any atom is -0.443 e. The van der Waals surface area contributed by atoms with Gasteiger partial charge < -0.3 is 14.6 Å². The van der Waals surface area contributed by atoms with E-state index in [1.165, 1.54) is 13.3 Å². The highest BCUT2D eigenvalue weighted by atomic mass is 16.3. The molecule has 1 heterocycles. The van der Waals surface area contributed by atoms with Crippen LogP contribution in [-0.2, 0) is 11.3 Å². The molecule has 6 nitrogen and oxygen atoms in total. The summed E-state index contributed by atoms with van der Waals surface area (Å²) in [5.41, 5.74) is 2.56. The van der Waals surface area contributed by atoms with Crippen molar-refractivity contribution in [2.45, 2.75) is 13.5 Å². The molecule has 0 aliphatic rings. The third-order valence-corrected chi connectivity index (χ3v) is 3.96. The molecule has 132 valence electrons. The topological polar surface area (TPSA) is 75.4 Å². The Kier molecular flexibility index (Phi) is 5.12. The number of hydrogen-bond donors (Lipinski definition) is 1. The molecule has 1 aromatic heterocycles. The Morgan fingerprint density at radius 2 is 1.88 bits per heavy atom.